The minimum atomic E-state index is -0.378. The lowest BCUT2D eigenvalue weighted by molar-refractivity contribution is 0.977. The van der Waals surface area contributed by atoms with Crippen LogP contribution in [0.2, 0.25) is 0 Å². The third-order valence-electron chi connectivity index (χ3n) is 3.32. The first kappa shape index (κ1) is 12.8. The van der Waals surface area contributed by atoms with Crippen molar-refractivity contribution in [2.24, 2.45) is 0 Å². The van der Waals surface area contributed by atoms with Crippen LogP contribution in [-0.4, -0.2) is 4.98 Å². The number of aromatic nitrogens is 1. The van der Waals surface area contributed by atoms with Gasteiger partial charge in [-0.15, -0.1) is 0 Å². The van der Waals surface area contributed by atoms with Crippen LogP contribution in [0.1, 0.15) is 17.2 Å². The van der Waals surface area contributed by atoms with E-state index in [1.165, 1.54) is 0 Å². The second kappa shape index (κ2) is 5.44. The lowest BCUT2D eigenvalue weighted by Crippen LogP contribution is -2.02. The summed E-state index contributed by atoms with van der Waals surface area (Å²) in [6.07, 6.45) is 1.76. The van der Waals surface area contributed by atoms with E-state index in [-0.39, 0.29) is 5.92 Å². The highest BCUT2D eigenvalue weighted by Gasteiger charge is 2.19. The second-order valence-electron chi connectivity index (χ2n) is 4.50. The summed E-state index contributed by atoms with van der Waals surface area (Å²) < 4.78 is 0.932. The summed E-state index contributed by atoms with van der Waals surface area (Å²) in [7, 11) is 0. The fraction of sp³-hybridized carbons (Fsp3) is 0.0588. The molecular weight excluding hydrogens is 312 g/mol. The summed E-state index contributed by atoms with van der Waals surface area (Å²) in [5.41, 5.74) is 1.75. The number of fused-ring (bicyclic) bond motifs is 1. The van der Waals surface area contributed by atoms with Gasteiger partial charge in [0.2, 0.25) is 0 Å². The van der Waals surface area contributed by atoms with Crippen molar-refractivity contribution in [3.8, 4) is 6.07 Å². The molecule has 0 aliphatic rings. The Kier molecular flexibility index (Phi) is 3.49. The largest absolute Gasteiger partial charge is 0.259 e. The van der Waals surface area contributed by atoms with Gasteiger partial charge < -0.3 is 0 Å². The van der Waals surface area contributed by atoms with Crippen molar-refractivity contribution in [3.63, 3.8) is 0 Å². The molecule has 0 bridgehead atoms. The van der Waals surface area contributed by atoms with Gasteiger partial charge in [-0.05, 0) is 23.1 Å². The van der Waals surface area contributed by atoms with Crippen molar-refractivity contribution in [2.75, 3.05) is 0 Å². The van der Waals surface area contributed by atoms with Gasteiger partial charge in [-0.3, -0.25) is 4.98 Å². The van der Waals surface area contributed by atoms with Gasteiger partial charge in [-0.1, -0.05) is 58.4 Å². The van der Waals surface area contributed by atoms with Crippen LogP contribution in [0.25, 0.3) is 10.8 Å². The van der Waals surface area contributed by atoms with Gasteiger partial charge in [0.1, 0.15) is 5.92 Å². The topological polar surface area (TPSA) is 36.7 Å². The minimum absolute atomic E-state index is 0.378. The third kappa shape index (κ3) is 2.19. The molecule has 2 nitrogen and oxygen atoms in total. The number of nitriles is 1. The number of rotatable bonds is 2. The Labute approximate surface area is 125 Å². The van der Waals surface area contributed by atoms with Gasteiger partial charge >= 0.3 is 0 Å². The molecule has 96 valence electrons. The molecule has 2 aromatic carbocycles. The van der Waals surface area contributed by atoms with E-state index in [1.807, 2.05) is 54.6 Å². The summed E-state index contributed by atoms with van der Waals surface area (Å²) in [5, 5.41) is 11.7. The number of pyridine rings is 1. The molecule has 1 atom stereocenters. The molecule has 0 aliphatic carbocycles. The molecule has 20 heavy (non-hydrogen) atoms. The zero-order valence-electron chi connectivity index (χ0n) is 10.6. The Hall–Kier alpha value is -2.18. The van der Waals surface area contributed by atoms with E-state index in [0.29, 0.717) is 0 Å². The molecule has 0 spiro atoms. The van der Waals surface area contributed by atoms with Gasteiger partial charge in [0.25, 0.3) is 0 Å². The number of halogens is 1. The van der Waals surface area contributed by atoms with E-state index in [4.69, 9.17) is 0 Å². The van der Waals surface area contributed by atoms with Crippen LogP contribution in [0.4, 0.5) is 0 Å². The summed E-state index contributed by atoms with van der Waals surface area (Å²) in [6, 6.07) is 20.1. The van der Waals surface area contributed by atoms with Crippen molar-refractivity contribution in [2.45, 2.75) is 5.92 Å². The monoisotopic (exact) mass is 322 g/mol. The predicted octanol–water partition coefficient (Wildman–Crippen LogP) is 4.65. The van der Waals surface area contributed by atoms with Crippen LogP contribution in [0.5, 0.6) is 0 Å². The van der Waals surface area contributed by atoms with Crippen molar-refractivity contribution < 1.29 is 0 Å². The molecule has 3 rings (SSSR count). The highest BCUT2D eigenvalue weighted by molar-refractivity contribution is 9.10. The van der Waals surface area contributed by atoms with Crippen LogP contribution in [0.3, 0.4) is 0 Å². The minimum Gasteiger partial charge on any atom is -0.259 e. The van der Waals surface area contributed by atoms with Gasteiger partial charge in [0.15, 0.2) is 0 Å². The molecule has 0 N–H and O–H groups in total. The van der Waals surface area contributed by atoms with E-state index < -0.39 is 0 Å². The smallest absolute Gasteiger partial charge is 0.115 e. The molecule has 0 saturated heterocycles. The van der Waals surface area contributed by atoms with E-state index in [9.17, 15) is 5.26 Å². The van der Waals surface area contributed by atoms with Crippen LogP contribution >= 0.6 is 15.9 Å². The second-order valence-corrected chi connectivity index (χ2v) is 5.36. The van der Waals surface area contributed by atoms with Crippen LogP contribution in [0.15, 0.2) is 65.3 Å². The van der Waals surface area contributed by atoms with Gasteiger partial charge in [-0.25, -0.2) is 0 Å². The zero-order chi connectivity index (χ0) is 13.9. The van der Waals surface area contributed by atoms with E-state index in [2.05, 4.69) is 27.0 Å². The molecule has 0 amide bonds. The van der Waals surface area contributed by atoms with Gasteiger partial charge in [0, 0.05) is 16.1 Å². The molecule has 1 heterocycles. The fourth-order valence-corrected chi connectivity index (χ4v) is 2.87. The Morgan fingerprint density at radius 2 is 1.75 bits per heavy atom. The average molecular weight is 323 g/mol. The van der Waals surface area contributed by atoms with Crippen molar-refractivity contribution in [1.29, 1.82) is 5.26 Å². The molecule has 0 radical (unpaired) electrons. The van der Waals surface area contributed by atoms with Crippen LogP contribution < -0.4 is 0 Å². The average Bonchev–Trinajstić information content (AvgIpc) is 2.50. The molecule has 0 saturated carbocycles. The Balaban J connectivity index is 2.23. The highest BCUT2D eigenvalue weighted by Crippen LogP contribution is 2.32. The normalized spacial score (nSPS) is 12.0. The maximum Gasteiger partial charge on any atom is 0.115 e. The standard InChI is InChI=1S/C17H11BrN2/c18-16-8-4-3-7-14(16)15(11-19)17-13-6-2-1-5-12(13)9-10-20-17/h1-10,15H. The Morgan fingerprint density at radius 3 is 2.55 bits per heavy atom. The first-order valence-electron chi connectivity index (χ1n) is 6.29. The predicted molar refractivity (Wildman–Crippen MR) is 83.3 cm³/mol. The zero-order valence-corrected chi connectivity index (χ0v) is 12.2. The molecular formula is C17H11BrN2. The molecule has 0 fully saturated rings. The van der Waals surface area contributed by atoms with Crippen LogP contribution in [0, 0.1) is 11.3 Å². The Morgan fingerprint density at radius 1 is 1.00 bits per heavy atom. The Bertz CT molecular complexity index is 800. The molecule has 0 aliphatic heterocycles. The van der Waals surface area contributed by atoms with Crippen molar-refractivity contribution in [1.82, 2.24) is 4.98 Å². The maximum atomic E-state index is 9.61. The summed E-state index contributed by atoms with van der Waals surface area (Å²) >= 11 is 3.52. The highest BCUT2D eigenvalue weighted by atomic mass is 79.9. The SMILES string of the molecule is N#CC(c1ccccc1Br)c1nccc2ccccc12. The number of benzene rings is 2. The molecule has 1 aromatic heterocycles. The number of nitrogens with zero attached hydrogens (tertiary/aromatic N) is 2. The summed E-state index contributed by atoms with van der Waals surface area (Å²) in [6.45, 7) is 0. The van der Waals surface area contributed by atoms with Crippen molar-refractivity contribution in [3.05, 3.63) is 76.5 Å². The first-order valence-corrected chi connectivity index (χ1v) is 7.08. The van der Waals surface area contributed by atoms with E-state index in [0.717, 1.165) is 26.5 Å². The van der Waals surface area contributed by atoms with E-state index >= 15 is 0 Å². The molecule has 1 unspecified atom stereocenters. The molecule has 3 heteroatoms. The summed E-state index contributed by atoms with van der Waals surface area (Å²) in [4.78, 5) is 4.45. The number of hydrogen-bond donors (Lipinski definition) is 0. The van der Waals surface area contributed by atoms with Crippen molar-refractivity contribution >= 4 is 26.7 Å². The first-order chi connectivity index (χ1) is 9.81. The number of hydrogen-bond acceptors (Lipinski definition) is 2. The van der Waals surface area contributed by atoms with Gasteiger partial charge in [0.05, 0.1) is 11.8 Å². The lowest BCUT2D eigenvalue weighted by Gasteiger charge is -2.13. The quantitative estimate of drug-likeness (QED) is 0.688. The summed E-state index contributed by atoms with van der Waals surface area (Å²) in [5.74, 6) is -0.378. The van der Waals surface area contributed by atoms with Crippen LogP contribution in [-0.2, 0) is 0 Å². The maximum absolute atomic E-state index is 9.61. The van der Waals surface area contributed by atoms with Gasteiger partial charge in [-0.2, -0.15) is 5.26 Å². The van der Waals surface area contributed by atoms with E-state index in [1.54, 1.807) is 6.20 Å². The lowest BCUT2D eigenvalue weighted by atomic mass is 9.93. The third-order valence-corrected chi connectivity index (χ3v) is 4.05. The molecule has 3 aromatic rings. The fourth-order valence-electron chi connectivity index (χ4n) is 2.36.